The van der Waals surface area contributed by atoms with E-state index in [-0.39, 0.29) is 16.4 Å². The van der Waals surface area contributed by atoms with Crippen molar-refractivity contribution in [2.75, 3.05) is 4.90 Å². The summed E-state index contributed by atoms with van der Waals surface area (Å²) in [5.74, 6) is -1.05. The summed E-state index contributed by atoms with van der Waals surface area (Å²) in [6, 6.07) is 14.1. The molecule has 0 saturated carbocycles. The molecule has 0 N–H and O–H groups in total. The van der Waals surface area contributed by atoms with Crippen LogP contribution in [0.15, 0.2) is 58.9 Å². The molecule has 2 heterocycles. The molecule has 4 rings (SSSR count). The molecule has 0 fully saturated rings. The molecule has 2 aromatic carbocycles. The van der Waals surface area contributed by atoms with Crippen LogP contribution in [-0.2, 0) is 16.7 Å². The van der Waals surface area contributed by atoms with Crippen molar-refractivity contribution in [2.24, 2.45) is 0 Å². The first-order chi connectivity index (χ1) is 15.2. The van der Waals surface area contributed by atoms with E-state index in [4.69, 9.17) is 0 Å². The van der Waals surface area contributed by atoms with E-state index >= 15 is 0 Å². The number of para-hydroxylation sites is 1. The standard InChI is InChI=1S/C22H17F3N4OS2/c1-13-6-5-7-16(10-13)29(14(2)30)21-26-15(12-32-21)11-31-19-17-8-3-4-9-18(17)27-20(28-19)22(23,24)25/h3-10,12H,11H2,1-2H3. The average molecular weight is 475 g/mol. The predicted molar refractivity (Wildman–Crippen MR) is 120 cm³/mol. The average Bonchev–Trinajstić information content (AvgIpc) is 3.19. The predicted octanol–water partition coefficient (Wildman–Crippen LogP) is 6.39. The number of hydrogen-bond donors (Lipinski definition) is 0. The lowest BCUT2D eigenvalue weighted by Gasteiger charge is -2.18. The van der Waals surface area contributed by atoms with Gasteiger partial charge in [-0.2, -0.15) is 13.2 Å². The third-order valence-corrected chi connectivity index (χ3v) is 6.38. The van der Waals surface area contributed by atoms with Gasteiger partial charge in [0.25, 0.3) is 0 Å². The van der Waals surface area contributed by atoms with Crippen molar-refractivity contribution in [3.05, 3.63) is 71.0 Å². The molecule has 0 aliphatic rings. The summed E-state index contributed by atoms with van der Waals surface area (Å²) in [7, 11) is 0. The summed E-state index contributed by atoms with van der Waals surface area (Å²) in [5, 5.41) is 3.08. The maximum Gasteiger partial charge on any atom is 0.451 e. The number of hydrogen-bond acceptors (Lipinski definition) is 6. The second-order valence-electron chi connectivity index (χ2n) is 6.97. The monoisotopic (exact) mass is 474 g/mol. The van der Waals surface area contributed by atoms with Crippen molar-refractivity contribution in [2.45, 2.75) is 30.8 Å². The molecule has 0 saturated heterocycles. The zero-order valence-electron chi connectivity index (χ0n) is 17.1. The van der Waals surface area contributed by atoms with Gasteiger partial charge >= 0.3 is 6.18 Å². The molecule has 0 radical (unpaired) electrons. The van der Waals surface area contributed by atoms with Gasteiger partial charge in [-0.15, -0.1) is 11.3 Å². The van der Waals surface area contributed by atoms with Gasteiger partial charge in [-0.3, -0.25) is 9.69 Å². The Balaban J connectivity index is 1.61. The molecule has 0 bridgehead atoms. The van der Waals surface area contributed by atoms with Gasteiger partial charge in [-0.25, -0.2) is 15.0 Å². The second-order valence-corrected chi connectivity index (χ2v) is 8.77. The Hall–Kier alpha value is -2.98. The van der Waals surface area contributed by atoms with Gasteiger partial charge in [0, 0.05) is 23.4 Å². The fraction of sp³-hybridized carbons (Fsp3) is 0.182. The molecule has 10 heteroatoms. The number of rotatable bonds is 5. The van der Waals surface area contributed by atoms with Crippen molar-refractivity contribution in [1.29, 1.82) is 0 Å². The van der Waals surface area contributed by atoms with Crippen LogP contribution in [0.1, 0.15) is 24.0 Å². The van der Waals surface area contributed by atoms with Crippen LogP contribution in [0.5, 0.6) is 0 Å². The number of carbonyl (C=O) groups excluding carboxylic acids is 1. The second kappa shape index (κ2) is 8.87. The lowest BCUT2D eigenvalue weighted by atomic mass is 10.2. The fourth-order valence-electron chi connectivity index (χ4n) is 3.09. The first-order valence-electron chi connectivity index (χ1n) is 9.51. The fourth-order valence-corrected chi connectivity index (χ4v) is 4.99. The number of halogens is 3. The number of nitrogens with zero attached hydrogens (tertiary/aromatic N) is 4. The number of amides is 1. The van der Waals surface area contributed by atoms with Crippen LogP contribution in [0.3, 0.4) is 0 Å². The van der Waals surface area contributed by atoms with Crippen LogP contribution in [0, 0.1) is 6.92 Å². The van der Waals surface area contributed by atoms with Crippen LogP contribution >= 0.6 is 23.1 Å². The molecule has 0 aliphatic carbocycles. The van der Waals surface area contributed by atoms with E-state index in [1.165, 1.54) is 29.2 Å². The maximum absolute atomic E-state index is 13.2. The number of alkyl halides is 3. The highest BCUT2D eigenvalue weighted by Crippen LogP contribution is 2.35. The topological polar surface area (TPSA) is 59.0 Å². The van der Waals surface area contributed by atoms with E-state index in [0.29, 0.717) is 27.7 Å². The molecule has 32 heavy (non-hydrogen) atoms. The van der Waals surface area contributed by atoms with Crippen molar-refractivity contribution in [3.8, 4) is 0 Å². The summed E-state index contributed by atoms with van der Waals surface area (Å²) in [4.78, 5) is 25.7. The number of carbonyl (C=O) groups is 1. The Labute approximate surface area is 190 Å². The minimum absolute atomic E-state index is 0.180. The number of thiazole rings is 1. The van der Waals surface area contributed by atoms with E-state index in [9.17, 15) is 18.0 Å². The van der Waals surface area contributed by atoms with E-state index in [1.54, 1.807) is 23.6 Å². The highest BCUT2D eigenvalue weighted by molar-refractivity contribution is 7.98. The number of anilines is 2. The smallest absolute Gasteiger partial charge is 0.274 e. The first kappa shape index (κ1) is 22.2. The van der Waals surface area contributed by atoms with E-state index in [1.807, 2.05) is 31.2 Å². The summed E-state index contributed by atoms with van der Waals surface area (Å²) < 4.78 is 39.7. The molecule has 4 aromatic rings. The van der Waals surface area contributed by atoms with Gasteiger partial charge in [0.1, 0.15) is 5.03 Å². The highest BCUT2D eigenvalue weighted by Gasteiger charge is 2.35. The number of aryl methyl sites for hydroxylation is 1. The minimum atomic E-state index is -4.64. The van der Waals surface area contributed by atoms with Crippen molar-refractivity contribution in [3.63, 3.8) is 0 Å². The van der Waals surface area contributed by atoms with Crippen LogP contribution in [0.2, 0.25) is 0 Å². The van der Waals surface area contributed by atoms with E-state index < -0.39 is 12.0 Å². The molecule has 0 spiro atoms. The number of aromatic nitrogens is 3. The van der Waals surface area contributed by atoms with Crippen molar-refractivity contribution >= 4 is 50.7 Å². The molecule has 0 unspecified atom stereocenters. The van der Waals surface area contributed by atoms with E-state index in [2.05, 4.69) is 15.0 Å². The van der Waals surface area contributed by atoms with E-state index in [0.717, 1.165) is 17.3 Å². The van der Waals surface area contributed by atoms with Gasteiger partial charge in [0.15, 0.2) is 5.13 Å². The zero-order chi connectivity index (χ0) is 22.9. The first-order valence-corrected chi connectivity index (χ1v) is 11.4. The maximum atomic E-state index is 13.2. The summed E-state index contributed by atoms with van der Waals surface area (Å²) in [6.45, 7) is 3.40. The van der Waals surface area contributed by atoms with Gasteiger partial charge < -0.3 is 0 Å². The van der Waals surface area contributed by atoms with Crippen molar-refractivity contribution in [1.82, 2.24) is 15.0 Å². The van der Waals surface area contributed by atoms with Crippen LogP contribution in [-0.4, -0.2) is 20.9 Å². The quantitative estimate of drug-likeness (QED) is 0.248. The Morgan fingerprint density at radius 3 is 2.59 bits per heavy atom. The third kappa shape index (κ3) is 4.76. The normalized spacial score (nSPS) is 11.7. The Morgan fingerprint density at radius 2 is 1.88 bits per heavy atom. The summed E-state index contributed by atoms with van der Waals surface area (Å²) >= 11 is 2.46. The minimum Gasteiger partial charge on any atom is -0.274 e. The largest absolute Gasteiger partial charge is 0.451 e. The molecular weight excluding hydrogens is 457 g/mol. The molecule has 1 amide bonds. The van der Waals surface area contributed by atoms with Crippen LogP contribution in [0.25, 0.3) is 10.9 Å². The lowest BCUT2D eigenvalue weighted by Crippen LogP contribution is -2.22. The molecule has 0 atom stereocenters. The third-order valence-electron chi connectivity index (χ3n) is 4.48. The summed E-state index contributed by atoms with van der Waals surface area (Å²) in [6.07, 6.45) is -4.64. The molecule has 5 nitrogen and oxygen atoms in total. The van der Waals surface area contributed by atoms with Gasteiger partial charge in [-0.1, -0.05) is 42.1 Å². The Kier molecular flexibility index (Phi) is 6.16. The molecule has 164 valence electrons. The van der Waals surface area contributed by atoms with Crippen LogP contribution < -0.4 is 4.90 Å². The van der Waals surface area contributed by atoms with Crippen LogP contribution in [0.4, 0.5) is 24.0 Å². The Bertz CT molecular complexity index is 1290. The molecular formula is C22H17F3N4OS2. The zero-order valence-corrected chi connectivity index (χ0v) is 18.7. The lowest BCUT2D eigenvalue weighted by molar-refractivity contribution is -0.145. The highest BCUT2D eigenvalue weighted by atomic mass is 32.2. The Morgan fingerprint density at radius 1 is 1.09 bits per heavy atom. The van der Waals surface area contributed by atoms with Gasteiger partial charge in [0.2, 0.25) is 11.7 Å². The summed E-state index contributed by atoms with van der Waals surface area (Å²) in [5.41, 5.74) is 2.60. The molecule has 2 aromatic heterocycles. The van der Waals surface area contributed by atoms with Gasteiger partial charge in [0.05, 0.1) is 16.9 Å². The van der Waals surface area contributed by atoms with Crippen molar-refractivity contribution < 1.29 is 18.0 Å². The number of benzene rings is 2. The van der Waals surface area contributed by atoms with Gasteiger partial charge in [-0.05, 0) is 30.7 Å². The number of thioether (sulfide) groups is 1. The molecule has 0 aliphatic heterocycles. The number of fused-ring (bicyclic) bond motifs is 1. The SMILES string of the molecule is CC(=O)N(c1cccc(C)c1)c1nc(CSc2nc(C(F)(F)F)nc3ccccc23)cs1.